The van der Waals surface area contributed by atoms with Crippen molar-refractivity contribution in [3.8, 4) is 0 Å². The summed E-state index contributed by atoms with van der Waals surface area (Å²) in [5.41, 5.74) is 0. The first-order valence-electron chi connectivity index (χ1n) is 3.52. The Morgan fingerprint density at radius 2 is 2.00 bits per heavy atom. The summed E-state index contributed by atoms with van der Waals surface area (Å²) in [5, 5.41) is 3.43. The molecule has 1 rings (SSSR count). The average Bonchev–Trinajstić information content (AvgIpc) is 1.77. The maximum atomic E-state index is 3.43. The van der Waals surface area contributed by atoms with Crippen LogP contribution in [0.1, 0.15) is 26.7 Å². The van der Waals surface area contributed by atoms with Crippen LogP contribution >= 0.6 is 0 Å². The number of hydrogen-bond acceptors (Lipinski definition) is 1. The molecule has 1 unspecified atom stereocenters. The highest BCUT2D eigenvalue weighted by atomic mass is 14.9. The number of nitrogens with one attached hydrogen (secondary N) is 1. The van der Waals surface area contributed by atoms with Gasteiger partial charge in [-0.25, -0.2) is 0 Å². The van der Waals surface area contributed by atoms with E-state index in [4.69, 9.17) is 0 Å². The molecule has 0 bridgehead atoms. The molecule has 48 valence electrons. The van der Waals surface area contributed by atoms with Crippen molar-refractivity contribution in [1.29, 1.82) is 0 Å². The van der Waals surface area contributed by atoms with Crippen LogP contribution in [0.2, 0.25) is 0 Å². The number of hydrogen-bond donors (Lipinski definition) is 1. The third-order valence-corrected chi connectivity index (χ3v) is 1.91. The fourth-order valence-electron chi connectivity index (χ4n) is 1.14. The van der Waals surface area contributed by atoms with Crippen LogP contribution in [0.4, 0.5) is 0 Å². The summed E-state index contributed by atoms with van der Waals surface area (Å²) in [4.78, 5) is 0. The molecule has 0 aromatic rings. The van der Waals surface area contributed by atoms with Crippen LogP contribution in [0.25, 0.3) is 0 Å². The van der Waals surface area contributed by atoms with Crippen molar-refractivity contribution in [3.05, 3.63) is 0 Å². The summed E-state index contributed by atoms with van der Waals surface area (Å²) >= 11 is 0. The van der Waals surface area contributed by atoms with Gasteiger partial charge in [0.1, 0.15) is 0 Å². The third-order valence-electron chi connectivity index (χ3n) is 1.91. The molecule has 1 aliphatic rings. The standard InChI is InChI=1S/C7H15N/c1-6-3-4-7(2)8-5-6/h6-8H,3-5H2,1-2H3/t6?,7-/m0/s1. The number of rotatable bonds is 0. The molecule has 8 heavy (non-hydrogen) atoms. The molecule has 0 spiro atoms. The fraction of sp³-hybridized carbons (Fsp3) is 1.00. The first-order chi connectivity index (χ1) is 3.79. The van der Waals surface area contributed by atoms with Crippen LogP contribution in [0, 0.1) is 5.92 Å². The highest BCUT2D eigenvalue weighted by Gasteiger charge is 2.11. The Morgan fingerprint density at radius 1 is 1.25 bits per heavy atom. The maximum Gasteiger partial charge on any atom is 0.00389 e. The Labute approximate surface area is 51.5 Å². The van der Waals surface area contributed by atoms with Gasteiger partial charge in [-0.1, -0.05) is 6.92 Å². The predicted octanol–water partition coefficient (Wildman–Crippen LogP) is 1.39. The van der Waals surface area contributed by atoms with E-state index in [-0.39, 0.29) is 0 Å². The topological polar surface area (TPSA) is 12.0 Å². The molecule has 0 amide bonds. The van der Waals surface area contributed by atoms with Gasteiger partial charge in [-0.2, -0.15) is 0 Å². The molecular weight excluding hydrogens is 98.1 g/mol. The minimum Gasteiger partial charge on any atom is -0.314 e. The Hall–Kier alpha value is -0.0400. The second-order valence-corrected chi connectivity index (χ2v) is 2.99. The highest BCUT2D eigenvalue weighted by Crippen LogP contribution is 2.11. The van der Waals surface area contributed by atoms with Gasteiger partial charge < -0.3 is 5.32 Å². The summed E-state index contributed by atoms with van der Waals surface area (Å²) in [6, 6.07) is 0.770. The lowest BCUT2D eigenvalue weighted by Crippen LogP contribution is -2.35. The van der Waals surface area contributed by atoms with Crippen molar-refractivity contribution < 1.29 is 0 Å². The van der Waals surface area contributed by atoms with Crippen LogP contribution in [0.5, 0.6) is 0 Å². The SMILES string of the molecule is CC1CC[C@H](C)NC1. The molecule has 1 heterocycles. The highest BCUT2D eigenvalue weighted by molar-refractivity contribution is 4.71. The first-order valence-corrected chi connectivity index (χ1v) is 3.52. The van der Waals surface area contributed by atoms with Gasteiger partial charge in [0.15, 0.2) is 0 Å². The van der Waals surface area contributed by atoms with Crippen LogP contribution < -0.4 is 5.32 Å². The van der Waals surface area contributed by atoms with Crippen LogP contribution in [-0.2, 0) is 0 Å². The van der Waals surface area contributed by atoms with Crippen LogP contribution in [0.15, 0.2) is 0 Å². The molecule has 1 nitrogen and oxygen atoms in total. The smallest absolute Gasteiger partial charge is 0.00389 e. The van der Waals surface area contributed by atoms with Crippen molar-refractivity contribution in [3.63, 3.8) is 0 Å². The summed E-state index contributed by atoms with van der Waals surface area (Å²) < 4.78 is 0. The van der Waals surface area contributed by atoms with Gasteiger partial charge in [0.25, 0.3) is 0 Å². The molecule has 1 aliphatic heterocycles. The molecule has 1 saturated heterocycles. The van der Waals surface area contributed by atoms with Crippen molar-refractivity contribution in [1.82, 2.24) is 5.32 Å². The molecule has 0 aromatic carbocycles. The molecule has 1 N–H and O–H groups in total. The molecular formula is C7H15N. The van der Waals surface area contributed by atoms with E-state index in [1.165, 1.54) is 19.4 Å². The van der Waals surface area contributed by atoms with E-state index in [1.54, 1.807) is 0 Å². The van der Waals surface area contributed by atoms with Crippen molar-refractivity contribution in [2.24, 2.45) is 5.92 Å². The molecule has 0 radical (unpaired) electrons. The summed E-state index contributed by atoms with van der Waals surface area (Å²) in [6.07, 6.45) is 2.77. The Kier molecular flexibility index (Phi) is 1.90. The lowest BCUT2D eigenvalue weighted by atomic mass is 9.98. The van der Waals surface area contributed by atoms with E-state index in [0.717, 1.165) is 12.0 Å². The average molecular weight is 113 g/mol. The summed E-state index contributed by atoms with van der Waals surface area (Å²) in [7, 11) is 0. The van der Waals surface area contributed by atoms with Gasteiger partial charge in [-0.15, -0.1) is 0 Å². The van der Waals surface area contributed by atoms with Gasteiger partial charge in [-0.3, -0.25) is 0 Å². The Bertz CT molecular complexity index is 52.8. The predicted molar refractivity (Wildman–Crippen MR) is 35.9 cm³/mol. The van der Waals surface area contributed by atoms with E-state index in [0.29, 0.717) is 0 Å². The largest absolute Gasteiger partial charge is 0.314 e. The van der Waals surface area contributed by atoms with E-state index < -0.39 is 0 Å². The molecule has 0 saturated carbocycles. The van der Waals surface area contributed by atoms with Crippen molar-refractivity contribution >= 4 is 0 Å². The quantitative estimate of drug-likeness (QED) is 0.500. The number of piperidine rings is 1. The summed E-state index contributed by atoms with van der Waals surface area (Å²) in [5.74, 6) is 0.909. The minimum atomic E-state index is 0.770. The zero-order chi connectivity index (χ0) is 5.98. The van der Waals surface area contributed by atoms with Gasteiger partial charge in [0, 0.05) is 6.04 Å². The van der Waals surface area contributed by atoms with Gasteiger partial charge >= 0.3 is 0 Å². The van der Waals surface area contributed by atoms with E-state index in [1.807, 2.05) is 0 Å². The Morgan fingerprint density at radius 3 is 2.38 bits per heavy atom. The van der Waals surface area contributed by atoms with Gasteiger partial charge in [0.2, 0.25) is 0 Å². The lowest BCUT2D eigenvalue weighted by molar-refractivity contribution is 0.343. The van der Waals surface area contributed by atoms with Gasteiger partial charge in [-0.05, 0) is 32.2 Å². The molecule has 0 aromatic heterocycles. The molecule has 1 heteroatoms. The first kappa shape index (κ1) is 6.09. The van der Waals surface area contributed by atoms with E-state index >= 15 is 0 Å². The van der Waals surface area contributed by atoms with Crippen LogP contribution in [0.3, 0.4) is 0 Å². The minimum absolute atomic E-state index is 0.770. The normalized spacial score (nSPS) is 39.8. The van der Waals surface area contributed by atoms with Gasteiger partial charge in [0.05, 0.1) is 0 Å². The summed E-state index contributed by atoms with van der Waals surface area (Å²) in [6.45, 7) is 5.78. The maximum absolute atomic E-state index is 3.43. The van der Waals surface area contributed by atoms with Crippen molar-refractivity contribution in [2.45, 2.75) is 32.7 Å². The second kappa shape index (κ2) is 2.49. The zero-order valence-electron chi connectivity index (χ0n) is 5.78. The van der Waals surface area contributed by atoms with E-state index in [2.05, 4.69) is 19.2 Å². The lowest BCUT2D eigenvalue weighted by Gasteiger charge is -2.24. The molecule has 1 fully saturated rings. The molecule has 2 atom stereocenters. The monoisotopic (exact) mass is 113 g/mol. The fourth-order valence-corrected chi connectivity index (χ4v) is 1.14. The Balaban J connectivity index is 2.19. The third kappa shape index (κ3) is 1.48. The zero-order valence-corrected chi connectivity index (χ0v) is 5.78. The second-order valence-electron chi connectivity index (χ2n) is 2.99. The molecule has 0 aliphatic carbocycles. The van der Waals surface area contributed by atoms with Crippen LogP contribution in [-0.4, -0.2) is 12.6 Å². The van der Waals surface area contributed by atoms with Crippen molar-refractivity contribution in [2.75, 3.05) is 6.54 Å². The van der Waals surface area contributed by atoms with E-state index in [9.17, 15) is 0 Å².